The van der Waals surface area contributed by atoms with Crippen LogP contribution in [0.25, 0.3) is 0 Å². The van der Waals surface area contributed by atoms with Crippen molar-refractivity contribution in [2.24, 2.45) is 5.73 Å². The van der Waals surface area contributed by atoms with Crippen molar-refractivity contribution in [1.29, 1.82) is 0 Å². The number of rotatable bonds is 3. The van der Waals surface area contributed by atoms with Crippen molar-refractivity contribution in [3.8, 4) is 0 Å². The van der Waals surface area contributed by atoms with Gasteiger partial charge >= 0.3 is 6.09 Å². The zero-order chi connectivity index (χ0) is 17.7. The van der Waals surface area contributed by atoms with E-state index in [1.54, 1.807) is 17.0 Å². The molecule has 2 amide bonds. The SMILES string of the molecule is CC(C)(C)OC(=O)N1CCC[C@H](NC(=O)c2ccc(CN)cc2)C1. The minimum Gasteiger partial charge on any atom is -0.444 e. The molecule has 0 aliphatic carbocycles. The van der Waals surface area contributed by atoms with Gasteiger partial charge in [-0.3, -0.25) is 4.79 Å². The van der Waals surface area contributed by atoms with Crippen LogP contribution in [-0.4, -0.2) is 41.6 Å². The average Bonchev–Trinajstić information content (AvgIpc) is 2.53. The Kier molecular flexibility index (Phi) is 5.83. The minimum atomic E-state index is -0.516. The maximum atomic E-state index is 12.3. The van der Waals surface area contributed by atoms with Crippen molar-refractivity contribution in [3.63, 3.8) is 0 Å². The lowest BCUT2D eigenvalue weighted by molar-refractivity contribution is 0.0185. The zero-order valence-electron chi connectivity index (χ0n) is 14.7. The molecular formula is C18H27N3O3. The molecule has 6 heteroatoms. The summed E-state index contributed by atoms with van der Waals surface area (Å²) in [6.07, 6.45) is 1.37. The number of likely N-dealkylation sites (tertiary alicyclic amines) is 1. The third-order valence-corrected chi connectivity index (χ3v) is 3.86. The van der Waals surface area contributed by atoms with Crippen LogP contribution in [0.5, 0.6) is 0 Å². The molecule has 0 radical (unpaired) electrons. The Hall–Kier alpha value is -2.08. The molecular weight excluding hydrogens is 306 g/mol. The second-order valence-corrected chi connectivity index (χ2v) is 7.14. The van der Waals surface area contributed by atoms with Crippen molar-refractivity contribution >= 4 is 12.0 Å². The van der Waals surface area contributed by atoms with E-state index in [1.807, 2.05) is 32.9 Å². The number of ether oxygens (including phenoxy) is 1. The van der Waals surface area contributed by atoms with Crippen LogP contribution < -0.4 is 11.1 Å². The van der Waals surface area contributed by atoms with Crippen molar-refractivity contribution < 1.29 is 14.3 Å². The lowest BCUT2D eigenvalue weighted by atomic mass is 10.0. The molecule has 0 spiro atoms. The van der Waals surface area contributed by atoms with Crippen LogP contribution in [0.2, 0.25) is 0 Å². The monoisotopic (exact) mass is 333 g/mol. The molecule has 1 fully saturated rings. The molecule has 132 valence electrons. The van der Waals surface area contributed by atoms with E-state index in [0.29, 0.717) is 25.2 Å². The second kappa shape index (κ2) is 7.66. The van der Waals surface area contributed by atoms with E-state index in [1.165, 1.54) is 0 Å². The fraction of sp³-hybridized carbons (Fsp3) is 0.556. The van der Waals surface area contributed by atoms with Gasteiger partial charge in [-0.05, 0) is 51.3 Å². The van der Waals surface area contributed by atoms with Gasteiger partial charge in [-0.2, -0.15) is 0 Å². The molecule has 0 unspecified atom stereocenters. The second-order valence-electron chi connectivity index (χ2n) is 7.14. The Morgan fingerprint density at radius 3 is 2.54 bits per heavy atom. The van der Waals surface area contributed by atoms with Gasteiger partial charge in [-0.15, -0.1) is 0 Å². The molecule has 1 heterocycles. The summed E-state index contributed by atoms with van der Waals surface area (Å²) in [5.41, 5.74) is 6.63. The van der Waals surface area contributed by atoms with Gasteiger partial charge in [0.1, 0.15) is 5.60 Å². The van der Waals surface area contributed by atoms with Crippen molar-refractivity contribution in [1.82, 2.24) is 10.2 Å². The highest BCUT2D eigenvalue weighted by molar-refractivity contribution is 5.94. The number of nitrogens with zero attached hydrogens (tertiary/aromatic N) is 1. The third-order valence-electron chi connectivity index (χ3n) is 3.86. The van der Waals surface area contributed by atoms with E-state index < -0.39 is 5.60 Å². The van der Waals surface area contributed by atoms with Gasteiger partial charge in [0.25, 0.3) is 5.91 Å². The lowest BCUT2D eigenvalue weighted by Gasteiger charge is -2.34. The highest BCUT2D eigenvalue weighted by atomic mass is 16.6. The van der Waals surface area contributed by atoms with Gasteiger partial charge in [-0.25, -0.2) is 4.79 Å². The van der Waals surface area contributed by atoms with E-state index in [-0.39, 0.29) is 18.0 Å². The molecule has 1 atom stereocenters. The summed E-state index contributed by atoms with van der Waals surface area (Å²) in [6, 6.07) is 7.18. The first kappa shape index (κ1) is 18.3. The summed E-state index contributed by atoms with van der Waals surface area (Å²) in [4.78, 5) is 26.2. The summed E-state index contributed by atoms with van der Waals surface area (Å²) in [5, 5.41) is 3.00. The lowest BCUT2D eigenvalue weighted by Crippen LogP contribution is -2.50. The van der Waals surface area contributed by atoms with Gasteiger partial charge in [0.05, 0.1) is 0 Å². The number of benzene rings is 1. The van der Waals surface area contributed by atoms with Gasteiger partial charge in [0.2, 0.25) is 0 Å². The van der Waals surface area contributed by atoms with Crippen molar-refractivity contribution in [2.75, 3.05) is 13.1 Å². The Bertz CT molecular complexity index is 578. The summed E-state index contributed by atoms with van der Waals surface area (Å²) >= 11 is 0. The summed E-state index contributed by atoms with van der Waals surface area (Å²) in [7, 11) is 0. The number of amides is 2. The molecule has 0 aromatic heterocycles. The number of carbonyl (C=O) groups is 2. The van der Waals surface area contributed by atoms with Gasteiger partial charge < -0.3 is 20.7 Å². The molecule has 1 aliphatic rings. The van der Waals surface area contributed by atoms with Crippen molar-refractivity contribution in [3.05, 3.63) is 35.4 Å². The topological polar surface area (TPSA) is 84.7 Å². The molecule has 1 aliphatic heterocycles. The molecule has 3 N–H and O–H groups in total. The predicted molar refractivity (Wildman–Crippen MR) is 92.6 cm³/mol. The van der Waals surface area contributed by atoms with Crippen LogP contribution in [0, 0.1) is 0 Å². The van der Waals surface area contributed by atoms with Crippen LogP contribution in [0.1, 0.15) is 49.5 Å². The number of hydrogen-bond donors (Lipinski definition) is 2. The van der Waals surface area contributed by atoms with Gasteiger partial charge in [-0.1, -0.05) is 12.1 Å². The fourth-order valence-electron chi connectivity index (χ4n) is 2.65. The maximum Gasteiger partial charge on any atom is 0.410 e. The molecule has 2 rings (SSSR count). The van der Waals surface area contributed by atoms with Crippen LogP contribution in [-0.2, 0) is 11.3 Å². The molecule has 24 heavy (non-hydrogen) atoms. The molecule has 1 saturated heterocycles. The van der Waals surface area contributed by atoms with E-state index in [0.717, 1.165) is 18.4 Å². The normalized spacial score (nSPS) is 18.2. The van der Waals surface area contributed by atoms with Crippen molar-refractivity contribution in [2.45, 2.75) is 51.8 Å². The molecule has 6 nitrogen and oxygen atoms in total. The predicted octanol–water partition coefficient (Wildman–Crippen LogP) is 2.27. The summed E-state index contributed by atoms with van der Waals surface area (Å²) in [6.45, 7) is 7.13. The molecule has 0 saturated carbocycles. The zero-order valence-corrected chi connectivity index (χ0v) is 14.7. The quantitative estimate of drug-likeness (QED) is 0.889. The fourth-order valence-corrected chi connectivity index (χ4v) is 2.65. The molecule has 1 aromatic rings. The molecule has 1 aromatic carbocycles. The van der Waals surface area contributed by atoms with E-state index in [9.17, 15) is 9.59 Å². The van der Waals surface area contributed by atoms with E-state index in [2.05, 4.69) is 5.32 Å². The largest absolute Gasteiger partial charge is 0.444 e. The van der Waals surface area contributed by atoms with Gasteiger partial charge in [0, 0.05) is 31.2 Å². The van der Waals surface area contributed by atoms with E-state index >= 15 is 0 Å². The minimum absolute atomic E-state index is 0.0621. The third kappa shape index (κ3) is 5.23. The number of nitrogens with one attached hydrogen (secondary N) is 1. The van der Waals surface area contributed by atoms with Crippen LogP contribution in [0.4, 0.5) is 4.79 Å². The average molecular weight is 333 g/mol. The Morgan fingerprint density at radius 2 is 1.96 bits per heavy atom. The number of piperidine rings is 1. The van der Waals surface area contributed by atoms with Crippen LogP contribution in [0.15, 0.2) is 24.3 Å². The highest BCUT2D eigenvalue weighted by Crippen LogP contribution is 2.16. The number of carbonyl (C=O) groups excluding carboxylic acids is 2. The Morgan fingerprint density at radius 1 is 1.29 bits per heavy atom. The number of hydrogen-bond acceptors (Lipinski definition) is 4. The van der Waals surface area contributed by atoms with Crippen LogP contribution in [0.3, 0.4) is 0 Å². The van der Waals surface area contributed by atoms with E-state index in [4.69, 9.17) is 10.5 Å². The first-order valence-electron chi connectivity index (χ1n) is 8.36. The first-order chi connectivity index (χ1) is 11.3. The van der Waals surface area contributed by atoms with Gasteiger partial charge in [0.15, 0.2) is 0 Å². The van der Waals surface area contributed by atoms with Crippen LogP contribution >= 0.6 is 0 Å². The maximum absolute atomic E-state index is 12.3. The smallest absolute Gasteiger partial charge is 0.410 e. The summed E-state index contributed by atoms with van der Waals surface area (Å²) in [5.74, 6) is -0.130. The summed E-state index contributed by atoms with van der Waals surface area (Å²) < 4.78 is 5.40. The highest BCUT2D eigenvalue weighted by Gasteiger charge is 2.28. The Balaban J connectivity index is 1.92. The standard InChI is InChI=1S/C18H27N3O3/c1-18(2,3)24-17(23)21-10-4-5-15(12-21)20-16(22)14-8-6-13(11-19)7-9-14/h6-9,15H,4-5,10-12,19H2,1-3H3,(H,20,22)/t15-/m0/s1. The first-order valence-corrected chi connectivity index (χ1v) is 8.36. The number of nitrogens with two attached hydrogens (primary N) is 1. The Labute approximate surface area is 143 Å². The molecule has 0 bridgehead atoms.